The van der Waals surface area contributed by atoms with Gasteiger partial charge in [0.1, 0.15) is 12.4 Å². The summed E-state index contributed by atoms with van der Waals surface area (Å²) in [5, 5.41) is 0. The monoisotopic (exact) mass is 204 g/mol. The fourth-order valence-corrected chi connectivity index (χ4v) is 2.62. The lowest BCUT2D eigenvalue weighted by molar-refractivity contribution is 0.250. The van der Waals surface area contributed by atoms with E-state index in [1.165, 1.54) is 12.1 Å². The highest BCUT2D eigenvalue weighted by Crippen LogP contribution is 2.40. The average molecular weight is 204 g/mol. The summed E-state index contributed by atoms with van der Waals surface area (Å²) in [6.07, 6.45) is 1.26. The highest BCUT2D eigenvalue weighted by Gasteiger charge is 2.36. The highest BCUT2D eigenvalue weighted by molar-refractivity contribution is 5.66. The zero-order valence-corrected chi connectivity index (χ0v) is 8.94. The van der Waals surface area contributed by atoms with E-state index < -0.39 is 0 Å². The number of ether oxygens (including phenoxy) is 1. The van der Waals surface area contributed by atoms with Gasteiger partial charge in [-0.25, -0.2) is 0 Å². The van der Waals surface area contributed by atoms with Gasteiger partial charge in [-0.15, -0.1) is 0 Å². The molecule has 2 aliphatic heterocycles. The predicted molar refractivity (Wildman–Crippen MR) is 61.3 cm³/mol. The molecule has 2 heterocycles. The molecule has 2 atom stereocenters. The first-order valence-electron chi connectivity index (χ1n) is 5.54. The van der Waals surface area contributed by atoms with E-state index in [9.17, 15) is 0 Å². The molecule has 0 saturated carbocycles. The second-order valence-corrected chi connectivity index (χ2v) is 4.56. The first-order chi connectivity index (χ1) is 7.25. The van der Waals surface area contributed by atoms with E-state index in [0.717, 1.165) is 30.5 Å². The van der Waals surface area contributed by atoms with Crippen molar-refractivity contribution in [2.45, 2.75) is 19.4 Å². The Morgan fingerprint density at radius 1 is 1.47 bits per heavy atom. The summed E-state index contributed by atoms with van der Waals surface area (Å²) in [5.41, 5.74) is 7.74. The minimum Gasteiger partial charge on any atom is -0.489 e. The standard InChI is InChI=1S/C12H16N2O/c1-8-4-5-14-10-3-2-9(13)6-12(10)15-7-11(8)14/h2-3,6,8,11H,4-5,7,13H2,1H3. The van der Waals surface area contributed by atoms with Crippen molar-refractivity contribution in [1.29, 1.82) is 0 Å². The third kappa shape index (κ3) is 1.26. The molecule has 15 heavy (non-hydrogen) atoms. The molecule has 3 nitrogen and oxygen atoms in total. The number of hydrogen-bond acceptors (Lipinski definition) is 3. The van der Waals surface area contributed by atoms with E-state index in [2.05, 4.69) is 17.9 Å². The quantitative estimate of drug-likeness (QED) is 0.656. The van der Waals surface area contributed by atoms with Crippen LogP contribution in [0.5, 0.6) is 5.75 Å². The van der Waals surface area contributed by atoms with E-state index in [1.54, 1.807) is 0 Å². The third-order valence-electron chi connectivity index (χ3n) is 3.59. The van der Waals surface area contributed by atoms with Gasteiger partial charge in [0.2, 0.25) is 0 Å². The van der Waals surface area contributed by atoms with E-state index in [0.29, 0.717) is 6.04 Å². The Hall–Kier alpha value is -1.38. The van der Waals surface area contributed by atoms with E-state index in [1.807, 2.05) is 12.1 Å². The molecule has 0 radical (unpaired) electrons. The van der Waals surface area contributed by atoms with Crippen LogP contribution >= 0.6 is 0 Å². The number of benzene rings is 1. The van der Waals surface area contributed by atoms with Gasteiger partial charge in [-0.3, -0.25) is 0 Å². The molecule has 2 unspecified atom stereocenters. The molecule has 1 aromatic rings. The average Bonchev–Trinajstić information content (AvgIpc) is 2.60. The Morgan fingerprint density at radius 2 is 2.33 bits per heavy atom. The van der Waals surface area contributed by atoms with Gasteiger partial charge in [0.25, 0.3) is 0 Å². The number of anilines is 2. The summed E-state index contributed by atoms with van der Waals surface area (Å²) in [6.45, 7) is 4.25. The zero-order chi connectivity index (χ0) is 10.4. The zero-order valence-electron chi connectivity index (χ0n) is 8.94. The van der Waals surface area contributed by atoms with Crippen LogP contribution in [0.1, 0.15) is 13.3 Å². The van der Waals surface area contributed by atoms with Gasteiger partial charge in [0, 0.05) is 18.3 Å². The van der Waals surface area contributed by atoms with Crippen LogP contribution in [0, 0.1) is 5.92 Å². The minimum atomic E-state index is 0.557. The van der Waals surface area contributed by atoms with Crippen molar-refractivity contribution in [2.24, 2.45) is 5.92 Å². The number of fused-ring (bicyclic) bond motifs is 3. The molecule has 3 heteroatoms. The summed E-state index contributed by atoms with van der Waals surface area (Å²) >= 11 is 0. The number of nitrogen functional groups attached to an aromatic ring is 1. The second kappa shape index (κ2) is 3.05. The third-order valence-corrected chi connectivity index (χ3v) is 3.59. The lowest BCUT2D eigenvalue weighted by Crippen LogP contribution is -2.40. The molecule has 1 aromatic carbocycles. The fourth-order valence-electron chi connectivity index (χ4n) is 2.62. The summed E-state index contributed by atoms with van der Waals surface area (Å²) in [7, 11) is 0. The molecule has 0 amide bonds. The van der Waals surface area contributed by atoms with Crippen LogP contribution in [0.25, 0.3) is 0 Å². The maximum Gasteiger partial charge on any atom is 0.144 e. The van der Waals surface area contributed by atoms with Crippen LogP contribution in [-0.4, -0.2) is 19.2 Å². The molecule has 1 fully saturated rings. The number of hydrogen-bond donors (Lipinski definition) is 1. The Labute approximate surface area is 89.8 Å². The summed E-state index contributed by atoms with van der Waals surface area (Å²) < 4.78 is 5.77. The van der Waals surface area contributed by atoms with Crippen molar-refractivity contribution in [2.75, 3.05) is 23.8 Å². The topological polar surface area (TPSA) is 38.5 Å². The lowest BCUT2D eigenvalue weighted by atomic mass is 10.0. The Morgan fingerprint density at radius 3 is 3.20 bits per heavy atom. The van der Waals surface area contributed by atoms with Gasteiger partial charge >= 0.3 is 0 Å². The predicted octanol–water partition coefficient (Wildman–Crippen LogP) is 1.88. The smallest absolute Gasteiger partial charge is 0.144 e. The van der Waals surface area contributed by atoms with Crippen molar-refractivity contribution in [1.82, 2.24) is 0 Å². The van der Waals surface area contributed by atoms with Crippen LogP contribution in [0.15, 0.2) is 18.2 Å². The van der Waals surface area contributed by atoms with E-state index >= 15 is 0 Å². The van der Waals surface area contributed by atoms with Gasteiger partial charge in [-0.1, -0.05) is 6.92 Å². The van der Waals surface area contributed by atoms with Crippen molar-refractivity contribution < 1.29 is 4.74 Å². The molecule has 0 bridgehead atoms. The molecular formula is C12H16N2O. The maximum atomic E-state index is 5.77. The number of rotatable bonds is 0. The molecule has 0 aromatic heterocycles. The molecule has 80 valence electrons. The maximum absolute atomic E-state index is 5.77. The van der Waals surface area contributed by atoms with Crippen molar-refractivity contribution >= 4 is 11.4 Å². The largest absolute Gasteiger partial charge is 0.489 e. The molecular weight excluding hydrogens is 188 g/mol. The molecule has 3 rings (SSSR count). The molecule has 0 spiro atoms. The first kappa shape index (κ1) is 8.89. The van der Waals surface area contributed by atoms with Crippen LogP contribution in [0.3, 0.4) is 0 Å². The summed E-state index contributed by atoms with van der Waals surface area (Å²) in [4.78, 5) is 2.46. The molecule has 0 aliphatic carbocycles. The normalized spacial score (nSPS) is 28.2. The van der Waals surface area contributed by atoms with E-state index in [-0.39, 0.29) is 0 Å². The summed E-state index contributed by atoms with van der Waals surface area (Å²) in [6, 6.07) is 6.51. The van der Waals surface area contributed by atoms with Crippen LogP contribution < -0.4 is 15.4 Å². The van der Waals surface area contributed by atoms with Crippen molar-refractivity contribution in [3.05, 3.63) is 18.2 Å². The molecule has 2 N–H and O–H groups in total. The van der Waals surface area contributed by atoms with Gasteiger partial charge < -0.3 is 15.4 Å². The number of nitrogens with two attached hydrogens (primary N) is 1. The minimum absolute atomic E-state index is 0.557. The molecule has 2 aliphatic rings. The first-order valence-corrected chi connectivity index (χ1v) is 5.54. The molecule has 1 saturated heterocycles. The highest BCUT2D eigenvalue weighted by atomic mass is 16.5. The Bertz CT molecular complexity index is 391. The Kier molecular flexibility index (Phi) is 1.81. The van der Waals surface area contributed by atoms with Gasteiger partial charge in [-0.05, 0) is 24.5 Å². The lowest BCUT2D eigenvalue weighted by Gasteiger charge is -2.35. The summed E-state index contributed by atoms with van der Waals surface area (Å²) in [5.74, 6) is 1.68. The second-order valence-electron chi connectivity index (χ2n) is 4.56. The van der Waals surface area contributed by atoms with Gasteiger partial charge in [0.15, 0.2) is 0 Å². The van der Waals surface area contributed by atoms with Gasteiger partial charge in [-0.2, -0.15) is 0 Å². The van der Waals surface area contributed by atoms with Gasteiger partial charge in [0.05, 0.1) is 11.7 Å². The Balaban J connectivity index is 2.02. The van der Waals surface area contributed by atoms with Crippen LogP contribution in [-0.2, 0) is 0 Å². The van der Waals surface area contributed by atoms with Crippen molar-refractivity contribution in [3.63, 3.8) is 0 Å². The van der Waals surface area contributed by atoms with Crippen LogP contribution in [0.2, 0.25) is 0 Å². The fraction of sp³-hybridized carbons (Fsp3) is 0.500. The van der Waals surface area contributed by atoms with Crippen LogP contribution in [0.4, 0.5) is 11.4 Å². The number of nitrogens with zero attached hydrogens (tertiary/aromatic N) is 1. The SMILES string of the molecule is CC1CCN2c3ccc(N)cc3OCC12. The van der Waals surface area contributed by atoms with E-state index in [4.69, 9.17) is 10.5 Å². The van der Waals surface area contributed by atoms with Crippen molar-refractivity contribution in [3.8, 4) is 5.75 Å².